The SMILES string of the molecule is CC1CC(=O)C=C1c1ccccc1. The van der Waals surface area contributed by atoms with Crippen LogP contribution in [0.5, 0.6) is 0 Å². The van der Waals surface area contributed by atoms with Crippen molar-refractivity contribution in [3.8, 4) is 0 Å². The van der Waals surface area contributed by atoms with Crippen molar-refractivity contribution in [1.29, 1.82) is 0 Å². The highest BCUT2D eigenvalue weighted by atomic mass is 16.1. The molecule has 0 fully saturated rings. The lowest BCUT2D eigenvalue weighted by molar-refractivity contribution is -0.114. The van der Waals surface area contributed by atoms with Crippen molar-refractivity contribution in [2.24, 2.45) is 5.92 Å². The van der Waals surface area contributed by atoms with Crippen LogP contribution in [0.15, 0.2) is 36.4 Å². The fourth-order valence-electron chi connectivity index (χ4n) is 1.78. The van der Waals surface area contributed by atoms with E-state index in [0.29, 0.717) is 12.3 Å². The fraction of sp³-hybridized carbons (Fsp3) is 0.250. The summed E-state index contributed by atoms with van der Waals surface area (Å²) in [6, 6.07) is 10.1. The molecule has 66 valence electrons. The zero-order valence-corrected chi connectivity index (χ0v) is 7.66. The van der Waals surface area contributed by atoms with Gasteiger partial charge in [-0.2, -0.15) is 0 Å². The highest BCUT2D eigenvalue weighted by molar-refractivity contribution is 6.02. The number of ketones is 1. The van der Waals surface area contributed by atoms with Crippen LogP contribution in [0.25, 0.3) is 5.57 Å². The van der Waals surface area contributed by atoms with Gasteiger partial charge in [0, 0.05) is 6.42 Å². The van der Waals surface area contributed by atoms with E-state index >= 15 is 0 Å². The number of hydrogen-bond donors (Lipinski definition) is 0. The first-order valence-electron chi connectivity index (χ1n) is 4.57. The van der Waals surface area contributed by atoms with Crippen LogP contribution in [0.3, 0.4) is 0 Å². The molecule has 1 aliphatic carbocycles. The standard InChI is InChI=1S/C12H12O/c1-9-7-11(13)8-12(9)10-5-3-2-4-6-10/h2-6,8-9H,7H2,1H3. The molecule has 1 unspecified atom stereocenters. The van der Waals surface area contributed by atoms with Crippen LogP contribution >= 0.6 is 0 Å². The topological polar surface area (TPSA) is 17.1 Å². The van der Waals surface area contributed by atoms with Crippen LogP contribution in [0.1, 0.15) is 18.9 Å². The van der Waals surface area contributed by atoms with Crippen molar-refractivity contribution in [2.45, 2.75) is 13.3 Å². The van der Waals surface area contributed by atoms with Gasteiger partial charge < -0.3 is 0 Å². The lowest BCUT2D eigenvalue weighted by Gasteiger charge is -2.07. The van der Waals surface area contributed by atoms with Crippen molar-refractivity contribution in [2.75, 3.05) is 0 Å². The van der Waals surface area contributed by atoms with Crippen LogP contribution in [0, 0.1) is 5.92 Å². The van der Waals surface area contributed by atoms with E-state index in [4.69, 9.17) is 0 Å². The summed E-state index contributed by atoms with van der Waals surface area (Å²) in [6.45, 7) is 2.10. The van der Waals surface area contributed by atoms with Crippen LogP contribution in [0.2, 0.25) is 0 Å². The fourth-order valence-corrected chi connectivity index (χ4v) is 1.78. The van der Waals surface area contributed by atoms with Gasteiger partial charge in [-0.15, -0.1) is 0 Å². The van der Waals surface area contributed by atoms with Crippen molar-refractivity contribution >= 4 is 11.4 Å². The molecule has 1 heteroatoms. The summed E-state index contributed by atoms with van der Waals surface area (Å²) in [6.07, 6.45) is 2.45. The highest BCUT2D eigenvalue weighted by Gasteiger charge is 2.21. The predicted molar refractivity (Wildman–Crippen MR) is 53.2 cm³/mol. The molecule has 0 heterocycles. The van der Waals surface area contributed by atoms with Gasteiger partial charge in [-0.3, -0.25) is 4.79 Å². The average Bonchev–Trinajstić information content (AvgIpc) is 2.47. The maximum Gasteiger partial charge on any atom is 0.156 e. The second-order valence-corrected chi connectivity index (χ2v) is 3.54. The van der Waals surface area contributed by atoms with Gasteiger partial charge in [-0.05, 0) is 23.1 Å². The van der Waals surface area contributed by atoms with E-state index in [1.807, 2.05) is 18.2 Å². The monoisotopic (exact) mass is 172 g/mol. The third kappa shape index (κ3) is 1.55. The minimum Gasteiger partial charge on any atom is -0.295 e. The molecule has 0 aromatic heterocycles. The first kappa shape index (κ1) is 8.24. The second kappa shape index (κ2) is 3.17. The van der Waals surface area contributed by atoms with Crippen LogP contribution in [0.4, 0.5) is 0 Å². The van der Waals surface area contributed by atoms with Crippen LogP contribution in [-0.4, -0.2) is 5.78 Å². The van der Waals surface area contributed by atoms with Crippen LogP contribution in [-0.2, 0) is 4.79 Å². The second-order valence-electron chi connectivity index (χ2n) is 3.54. The molecule has 2 rings (SSSR count). The number of carbonyl (C=O) groups excluding carboxylic acids is 1. The zero-order valence-electron chi connectivity index (χ0n) is 7.66. The van der Waals surface area contributed by atoms with Gasteiger partial charge in [0.25, 0.3) is 0 Å². The summed E-state index contributed by atoms with van der Waals surface area (Å²) >= 11 is 0. The van der Waals surface area contributed by atoms with Gasteiger partial charge in [-0.1, -0.05) is 37.3 Å². The third-order valence-electron chi connectivity index (χ3n) is 2.46. The molecule has 0 aliphatic heterocycles. The molecule has 0 amide bonds. The predicted octanol–water partition coefficient (Wildman–Crippen LogP) is 2.68. The zero-order chi connectivity index (χ0) is 9.26. The molecule has 1 nitrogen and oxygen atoms in total. The summed E-state index contributed by atoms with van der Waals surface area (Å²) in [5, 5.41) is 0. The van der Waals surface area contributed by atoms with Crippen molar-refractivity contribution in [3.05, 3.63) is 42.0 Å². The smallest absolute Gasteiger partial charge is 0.156 e. The average molecular weight is 172 g/mol. The lowest BCUT2D eigenvalue weighted by Crippen LogP contribution is -1.93. The Morgan fingerprint density at radius 1 is 1.23 bits per heavy atom. The van der Waals surface area contributed by atoms with E-state index in [1.165, 1.54) is 11.1 Å². The Morgan fingerprint density at radius 2 is 1.92 bits per heavy atom. The van der Waals surface area contributed by atoms with Gasteiger partial charge in [0.05, 0.1) is 0 Å². The third-order valence-corrected chi connectivity index (χ3v) is 2.46. The summed E-state index contributed by atoms with van der Waals surface area (Å²) in [5.74, 6) is 0.640. The summed E-state index contributed by atoms with van der Waals surface area (Å²) < 4.78 is 0. The molecule has 13 heavy (non-hydrogen) atoms. The molecule has 0 bridgehead atoms. The van der Waals surface area contributed by atoms with Gasteiger partial charge in [0.2, 0.25) is 0 Å². The van der Waals surface area contributed by atoms with Crippen molar-refractivity contribution in [1.82, 2.24) is 0 Å². The first-order valence-corrected chi connectivity index (χ1v) is 4.57. The Balaban J connectivity index is 2.37. The first-order chi connectivity index (χ1) is 6.27. The summed E-state index contributed by atoms with van der Waals surface area (Å²) in [7, 11) is 0. The number of benzene rings is 1. The van der Waals surface area contributed by atoms with Crippen molar-refractivity contribution < 1.29 is 4.79 Å². The molecular weight excluding hydrogens is 160 g/mol. The molecule has 1 atom stereocenters. The number of carbonyl (C=O) groups is 1. The summed E-state index contributed by atoms with van der Waals surface area (Å²) in [5.41, 5.74) is 2.37. The molecule has 0 spiro atoms. The molecule has 0 radical (unpaired) electrons. The maximum atomic E-state index is 11.2. The Labute approximate surface area is 78.1 Å². The molecule has 0 N–H and O–H groups in total. The summed E-state index contributed by atoms with van der Waals surface area (Å²) in [4.78, 5) is 11.2. The number of rotatable bonds is 1. The Kier molecular flexibility index (Phi) is 2.01. The van der Waals surface area contributed by atoms with E-state index in [0.717, 1.165) is 0 Å². The molecule has 0 saturated heterocycles. The molecule has 1 aliphatic rings. The number of hydrogen-bond acceptors (Lipinski definition) is 1. The number of allylic oxidation sites excluding steroid dienone is 2. The normalized spacial score (nSPS) is 21.8. The van der Waals surface area contributed by atoms with Crippen molar-refractivity contribution in [3.63, 3.8) is 0 Å². The largest absolute Gasteiger partial charge is 0.295 e. The highest BCUT2D eigenvalue weighted by Crippen LogP contribution is 2.31. The quantitative estimate of drug-likeness (QED) is 0.636. The van der Waals surface area contributed by atoms with E-state index in [-0.39, 0.29) is 5.78 Å². The van der Waals surface area contributed by atoms with Crippen LogP contribution < -0.4 is 0 Å². The molecular formula is C12H12O. The van der Waals surface area contributed by atoms with Gasteiger partial charge in [0.15, 0.2) is 5.78 Å². The minimum atomic E-state index is 0.256. The Bertz CT molecular complexity index is 349. The lowest BCUT2D eigenvalue weighted by atomic mass is 9.97. The molecule has 0 saturated carbocycles. The Hall–Kier alpha value is -1.37. The molecule has 1 aromatic carbocycles. The maximum absolute atomic E-state index is 11.2. The van der Waals surface area contributed by atoms with E-state index in [9.17, 15) is 4.79 Å². The van der Waals surface area contributed by atoms with E-state index in [1.54, 1.807) is 6.08 Å². The van der Waals surface area contributed by atoms with Gasteiger partial charge in [0.1, 0.15) is 0 Å². The van der Waals surface area contributed by atoms with Gasteiger partial charge >= 0.3 is 0 Å². The van der Waals surface area contributed by atoms with E-state index < -0.39 is 0 Å². The van der Waals surface area contributed by atoms with Gasteiger partial charge in [-0.25, -0.2) is 0 Å². The molecule has 1 aromatic rings. The Morgan fingerprint density at radius 3 is 2.46 bits per heavy atom. The minimum absolute atomic E-state index is 0.256. The van der Waals surface area contributed by atoms with E-state index in [2.05, 4.69) is 19.1 Å².